The number of aromatic nitrogens is 2. The normalized spacial score (nSPS) is 14.1. The van der Waals surface area contributed by atoms with E-state index < -0.39 is 17.5 Å². The van der Waals surface area contributed by atoms with Crippen molar-refractivity contribution in [2.24, 2.45) is 5.73 Å². The van der Waals surface area contributed by atoms with E-state index >= 15 is 0 Å². The number of carbonyl (C=O) groups is 3. The minimum Gasteiger partial charge on any atom is -0.482 e. The Balaban J connectivity index is 1.74. The number of nitrogens with zero attached hydrogens (tertiary/aromatic N) is 2. The summed E-state index contributed by atoms with van der Waals surface area (Å²) < 4.78 is 6.52. The number of nitrogens with two attached hydrogens (primary N) is 1. The van der Waals surface area contributed by atoms with Gasteiger partial charge in [0.05, 0.1) is 28.3 Å². The van der Waals surface area contributed by atoms with Gasteiger partial charge in [0.15, 0.2) is 12.4 Å². The van der Waals surface area contributed by atoms with Crippen LogP contribution < -0.4 is 21.3 Å². The largest absolute Gasteiger partial charge is 0.482 e. The number of Topliss-reactive ketones (excluding diaryl/α,β-unsaturated/α-hetero) is 1. The number of rotatable bonds is 4. The quantitative estimate of drug-likeness (QED) is 0.626. The van der Waals surface area contributed by atoms with Gasteiger partial charge in [0, 0.05) is 5.56 Å². The zero-order valence-corrected chi connectivity index (χ0v) is 16.3. The molecule has 0 saturated carbocycles. The molecule has 1 aromatic carbocycles. The van der Waals surface area contributed by atoms with Crippen molar-refractivity contribution in [1.82, 2.24) is 9.55 Å². The number of hydrogen-bond donors (Lipinski definition) is 2. The summed E-state index contributed by atoms with van der Waals surface area (Å²) in [7, 11) is 0. The molecule has 0 spiro atoms. The van der Waals surface area contributed by atoms with Gasteiger partial charge in [-0.3, -0.25) is 23.7 Å². The van der Waals surface area contributed by atoms with Crippen LogP contribution in [-0.2, 0) is 4.79 Å². The summed E-state index contributed by atoms with van der Waals surface area (Å²) in [6.07, 6.45) is 1.29. The van der Waals surface area contributed by atoms with Crippen LogP contribution >= 0.6 is 11.3 Å². The maximum atomic E-state index is 13.0. The molecule has 0 radical (unpaired) electrons. The number of aryl methyl sites for hydroxylation is 1. The summed E-state index contributed by atoms with van der Waals surface area (Å²) in [6, 6.07) is 3.84. The molecule has 2 amide bonds. The fourth-order valence-electron chi connectivity index (χ4n) is 3.25. The smallest absolute Gasteiger partial charge is 0.263 e. The molecule has 0 bridgehead atoms. The topological polar surface area (TPSA) is 133 Å². The maximum Gasteiger partial charge on any atom is 0.263 e. The summed E-state index contributed by atoms with van der Waals surface area (Å²) in [5.41, 5.74) is 6.11. The van der Waals surface area contributed by atoms with Crippen molar-refractivity contribution >= 4 is 44.8 Å². The van der Waals surface area contributed by atoms with Crippen LogP contribution in [0.1, 0.15) is 38.6 Å². The third-order valence-electron chi connectivity index (χ3n) is 4.79. The number of anilines is 1. The van der Waals surface area contributed by atoms with Crippen molar-refractivity contribution in [1.29, 1.82) is 0 Å². The second-order valence-corrected chi connectivity index (χ2v) is 7.64. The van der Waals surface area contributed by atoms with E-state index in [9.17, 15) is 19.2 Å². The van der Waals surface area contributed by atoms with Gasteiger partial charge < -0.3 is 15.8 Å². The molecule has 3 heterocycles. The van der Waals surface area contributed by atoms with E-state index in [1.54, 1.807) is 26.0 Å². The lowest BCUT2D eigenvalue weighted by atomic mass is 10.0. The van der Waals surface area contributed by atoms with Gasteiger partial charge in [-0.05, 0) is 37.6 Å². The third-order valence-corrected chi connectivity index (χ3v) is 6.01. The van der Waals surface area contributed by atoms with Crippen molar-refractivity contribution in [3.63, 3.8) is 0 Å². The first-order valence-corrected chi connectivity index (χ1v) is 9.50. The molecule has 148 valence electrons. The monoisotopic (exact) mass is 412 g/mol. The standard InChI is InChI=1S/C19H16N4O5S/c1-8-14-18(29-16(8)17(20)26)21-7-23(19(14)27)9(2)15(25)10-3-4-12-11(5-10)22-13(24)6-28-12/h3-5,7,9H,6H2,1-2H3,(H2,20,26)(H,22,24). The lowest BCUT2D eigenvalue weighted by Gasteiger charge is -2.19. The van der Waals surface area contributed by atoms with Crippen LogP contribution in [0.5, 0.6) is 5.75 Å². The average molecular weight is 412 g/mol. The molecule has 3 N–H and O–H groups in total. The molecule has 1 atom stereocenters. The van der Waals surface area contributed by atoms with Crippen molar-refractivity contribution < 1.29 is 19.1 Å². The van der Waals surface area contributed by atoms with Gasteiger partial charge >= 0.3 is 0 Å². The van der Waals surface area contributed by atoms with E-state index in [-0.39, 0.29) is 28.6 Å². The molecular formula is C19H16N4O5S. The van der Waals surface area contributed by atoms with E-state index in [4.69, 9.17) is 10.5 Å². The van der Waals surface area contributed by atoms with Gasteiger partial charge in [-0.25, -0.2) is 4.98 Å². The van der Waals surface area contributed by atoms with E-state index in [1.165, 1.54) is 17.0 Å². The molecule has 3 aromatic rings. The van der Waals surface area contributed by atoms with Crippen LogP contribution in [0.3, 0.4) is 0 Å². The Morgan fingerprint density at radius 2 is 2.10 bits per heavy atom. The van der Waals surface area contributed by atoms with E-state index in [0.717, 1.165) is 11.3 Å². The van der Waals surface area contributed by atoms with Gasteiger partial charge in [0.2, 0.25) is 0 Å². The highest BCUT2D eigenvalue weighted by atomic mass is 32.1. The highest BCUT2D eigenvalue weighted by Gasteiger charge is 2.24. The van der Waals surface area contributed by atoms with Crippen LogP contribution in [-0.4, -0.2) is 33.8 Å². The highest BCUT2D eigenvalue weighted by molar-refractivity contribution is 7.20. The van der Waals surface area contributed by atoms with Crippen LogP contribution in [0.25, 0.3) is 10.2 Å². The predicted octanol–water partition coefficient (Wildman–Crippen LogP) is 1.64. The van der Waals surface area contributed by atoms with E-state index in [2.05, 4.69) is 10.3 Å². The number of carbonyl (C=O) groups excluding carboxylic acids is 3. The second kappa shape index (κ2) is 6.82. The summed E-state index contributed by atoms with van der Waals surface area (Å²) >= 11 is 1.05. The van der Waals surface area contributed by atoms with Gasteiger partial charge in [-0.15, -0.1) is 11.3 Å². The Labute approximate surface area is 168 Å². The molecule has 9 nitrogen and oxygen atoms in total. The fourth-order valence-corrected chi connectivity index (χ4v) is 4.24. The summed E-state index contributed by atoms with van der Waals surface area (Å²) in [6.45, 7) is 3.14. The molecule has 29 heavy (non-hydrogen) atoms. The molecule has 1 unspecified atom stereocenters. The van der Waals surface area contributed by atoms with Gasteiger partial charge in [0.1, 0.15) is 10.6 Å². The molecule has 1 aliphatic heterocycles. The SMILES string of the molecule is Cc1c(C(N)=O)sc2ncn(C(C)C(=O)c3ccc4c(c3)NC(=O)CO4)c(=O)c12. The molecule has 1 aliphatic rings. The molecule has 0 aliphatic carbocycles. The number of benzene rings is 1. The van der Waals surface area contributed by atoms with Crippen molar-refractivity contribution in [2.75, 3.05) is 11.9 Å². The van der Waals surface area contributed by atoms with Crippen molar-refractivity contribution in [3.05, 3.63) is 50.9 Å². The Morgan fingerprint density at radius 1 is 1.34 bits per heavy atom. The minimum atomic E-state index is -0.853. The second-order valence-electron chi connectivity index (χ2n) is 6.65. The number of amides is 2. The number of fused-ring (bicyclic) bond motifs is 2. The first kappa shape index (κ1) is 18.8. The fraction of sp³-hybridized carbons (Fsp3) is 0.211. The van der Waals surface area contributed by atoms with E-state index in [1.807, 2.05) is 0 Å². The zero-order chi connectivity index (χ0) is 20.9. The zero-order valence-electron chi connectivity index (χ0n) is 15.5. The van der Waals surface area contributed by atoms with Gasteiger partial charge in [-0.2, -0.15) is 0 Å². The lowest BCUT2D eigenvalue weighted by molar-refractivity contribution is -0.118. The predicted molar refractivity (Wildman–Crippen MR) is 107 cm³/mol. The van der Waals surface area contributed by atoms with Crippen LogP contribution in [0.2, 0.25) is 0 Å². The number of hydrogen-bond acceptors (Lipinski definition) is 7. The summed E-state index contributed by atoms with van der Waals surface area (Å²) in [4.78, 5) is 53.9. The minimum absolute atomic E-state index is 0.0783. The highest BCUT2D eigenvalue weighted by Crippen LogP contribution is 2.30. The molecule has 4 rings (SSSR count). The molecule has 10 heteroatoms. The lowest BCUT2D eigenvalue weighted by Crippen LogP contribution is -2.29. The Kier molecular flexibility index (Phi) is 4.42. The van der Waals surface area contributed by atoms with Gasteiger partial charge in [0.25, 0.3) is 17.4 Å². The summed E-state index contributed by atoms with van der Waals surface area (Å²) in [5.74, 6) is -0.793. The van der Waals surface area contributed by atoms with Crippen LogP contribution in [0.4, 0.5) is 5.69 Å². The Bertz CT molecular complexity index is 1260. The first-order valence-electron chi connectivity index (χ1n) is 8.69. The maximum absolute atomic E-state index is 13.0. The molecule has 2 aromatic heterocycles. The van der Waals surface area contributed by atoms with Crippen LogP contribution in [0.15, 0.2) is 29.3 Å². The third kappa shape index (κ3) is 3.07. The Morgan fingerprint density at radius 3 is 2.83 bits per heavy atom. The first-order chi connectivity index (χ1) is 13.8. The molecule has 0 saturated heterocycles. The number of nitrogens with one attached hydrogen (secondary N) is 1. The molecular weight excluding hydrogens is 396 g/mol. The van der Waals surface area contributed by atoms with Crippen molar-refractivity contribution in [3.8, 4) is 5.75 Å². The molecule has 0 fully saturated rings. The Hall–Kier alpha value is -3.53. The number of ketones is 1. The number of thiophene rings is 1. The number of primary amides is 1. The van der Waals surface area contributed by atoms with Crippen LogP contribution in [0, 0.1) is 6.92 Å². The van der Waals surface area contributed by atoms with Crippen molar-refractivity contribution in [2.45, 2.75) is 19.9 Å². The number of ether oxygens (including phenoxy) is 1. The summed E-state index contributed by atoms with van der Waals surface area (Å²) in [5, 5.41) is 2.93. The average Bonchev–Trinajstić information content (AvgIpc) is 3.04. The van der Waals surface area contributed by atoms with Gasteiger partial charge in [-0.1, -0.05) is 0 Å². The van der Waals surface area contributed by atoms with E-state index in [0.29, 0.717) is 27.4 Å².